The number of nitrogens with zero attached hydrogens (tertiary/aromatic N) is 2. The van der Waals surface area contributed by atoms with E-state index in [9.17, 15) is 9.59 Å². The van der Waals surface area contributed by atoms with E-state index < -0.39 is 12.0 Å². The van der Waals surface area contributed by atoms with Gasteiger partial charge in [0.15, 0.2) is 0 Å². The summed E-state index contributed by atoms with van der Waals surface area (Å²) in [5.41, 5.74) is 5.78. The third kappa shape index (κ3) is 2.78. The quantitative estimate of drug-likeness (QED) is 0.596. The van der Waals surface area contributed by atoms with Crippen LogP contribution in [0.25, 0.3) is 0 Å². The van der Waals surface area contributed by atoms with Crippen LogP contribution in [0.5, 0.6) is 0 Å². The maximum atomic E-state index is 11.1. The molecule has 0 fully saturated rings. The molecule has 1 atom stereocenters. The molecule has 15 heavy (non-hydrogen) atoms. The summed E-state index contributed by atoms with van der Waals surface area (Å²) in [5.74, 6) is -1.09. The van der Waals surface area contributed by atoms with Gasteiger partial charge in [-0.25, -0.2) is 9.78 Å². The summed E-state index contributed by atoms with van der Waals surface area (Å²) in [4.78, 5) is 25.4. The SMILES string of the molecule is CNC(=O)n1cnc(C[C@H](N)C(=O)O)c1. The molecule has 0 aliphatic rings. The monoisotopic (exact) mass is 212 g/mol. The van der Waals surface area contributed by atoms with Gasteiger partial charge in [0, 0.05) is 19.7 Å². The number of carbonyl (C=O) groups is 2. The lowest BCUT2D eigenvalue weighted by atomic mass is 10.2. The number of amides is 1. The Kier molecular flexibility index (Phi) is 3.40. The van der Waals surface area contributed by atoms with E-state index >= 15 is 0 Å². The van der Waals surface area contributed by atoms with Gasteiger partial charge in [-0.05, 0) is 0 Å². The Hall–Kier alpha value is -1.89. The van der Waals surface area contributed by atoms with E-state index in [1.165, 1.54) is 24.1 Å². The van der Waals surface area contributed by atoms with Crippen LogP contribution in [-0.2, 0) is 11.2 Å². The Morgan fingerprint density at radius 3 is 2.93 bits per heavy atom. The number of hydrogen-bond donors (Lipinski definition) is 3. The molecule has 1 heterocycles. The molecule has 0 aliphatic heterocycles. The molecule has 0 unspecified atom stereocenters. The van der Waals surface area contributed by atoms with Crippen LogP contribution >= 0.6 is 0 Å². The van der Waals surface area contributed by atoms with E-state index in [1.54, 1.807) is 0 Å². The molecule has 1 aromatic rings. The maximum Gasteiger partial charge on any atom is 0.326 e. The molecular weight excluding hydrogens is 200 g/mol. The smallest absolute Gasteiger partial charge is 0.326 e. The number of nitrogens with two attached hydrogens (primary N) is 1. The number of rotatable bonds is 3. The van der Waals surface area contributed by atoms with Crippen LogP contribution in [0.2, 0.25) is 0 Å². The molecule has 0 spiro atoms. The van der Waals surface area contributed by atoms with Gasteiger partial charge in [-0.3, -0.25) is 9.36 Å². The molecule has 7 nitrogen and oxygen atoms in total. The summed E-state index contributed by atoms with van der Waals surface area (Å²) < 4.78 is 1.23. The van der Waals surface area contributed by atoms with E-state index in [-0.39, 0.29) is 12.5 Å². The molecule has 1 amide bonds. The lowest BCUT2D eigenvalue weighted by molar-refractivity contribution is -0.138. The van der Waals surface area contributed by atoms with Crippen molar-refractivity contribution in [2.45, 2.75) is 12.5 Å². The average molecular weight is 212 g/mol. The second-order valence-corrected chi connectivity index (χ2v) is 2.98. The van der Waals surface area contributed by atoms with Crippen molar-refractivity contribution in [2.24, 2.45) is 5.73 Å². The van der Waals surface area contributed by atoms with E-state index in [4.69, 9.17) is 10.8 Å². The van der Waals surface area contributed by atoms with Gasteiger partial charge in [-0.15, -0.1) is 0 Å². The molecule has 0 bridgehead atoms. The number of aromatic nitrogens is 2. The fourth-order valence-electron chi connectivity index (χ4n) is 1.02. The van der Waals surface area contributed by atoms with Crippen molar-refractivity contribution in [1.29, 1.82) is 0 Å². The van der Waals surface area contributed by atoms with Gasteiger partial charge in [-0.2, -0.15) is 0 Å². The van der Waals surface area contributed by atoms with Crippen molar-refractivity contribution in [3.05, 3.63) is 18.2 Å². The van der Waals surface area contributed by atoms with Crippen molar-refractivity contribution < 1.29 is 14.7 Å². The van der Waals surface area contributed by atoms with Crippen molar-refractivity contribution >= 4 is 12.0 Å². The Morgan fingerprint density at radius 1 is 1.73 bits per heavy atom. The van der Waals surface area contributed by atoms with E-state index in [2.05, 4.69) is 10.3 Å². The molecule has 4 N–H and O–H groups in total. The maximum absolute atomic E-state index is 11.1. The van der Waals surface area contributed by atoms with Crippen LogP contribution in [0.4, 0.5) is 4.79 Å². The fraction of sp³-hybridized carbons (Fsp3) is 0.375. The molecule has 0 saturated carbocycles. The summed E-state index contributed by atoms with van der Waals surface area (Å²) in [5, 5.41) is 11.0. The predicted octanol–water partition coefficient (Wildman–Crippen LogP) is -0.975. The zero-order valence-electron chi connectivity index (χ0n) is 8.17. The van der Waals surface area contributed by atoms with Crippen LogP contribution in [0.1, 0.15) is 5.69 Å². The molecule has 0 radical (unpaired) electrons. The number of nitrogens with one attached hydrogen (secondary N) is 1. The van der Waals surface area contributed by atoms with Gasteiger partial charge < -0.3 is 16.2 Å². The van der Waals surface area contributed by atoms with Crippen LogP contribution < -0.4 is 11.1 Å². The van der Waals surface area contributed by atoms with Gasteiger partial charge in [0.1, 0.15) is 12.4 Å². The fourth-order valence-corrected chi connectivity index (χ4v) is 1.02. The summed E-state index contributed by atoms with van der Waals surface area (Å²) >= 11 is 0. The normalized spacial score (nSPS) is 12.1. The van der Waals surface area contributed by atoms with Crippen LogP contribution in [0.15, 0.2) is 12.5 Å². The molecule has 0 aliphatic carbocycles. The highest BCUT2D eigenvalue weighted by molar-refractivity contribution is 5.76. The number of carboxylic acids is 1. The second kappa shape index (κ2) is 4.56. The molecule has 1 rings (SSSR count). The highest BCUT2D eigenvalue weighted by Gasteiger charge is 2.14. The van der Waals surface area contributed by atoms with E-state index in [1.807, 2.05) is 0 Å². The van der Waals surface area contributed by atoms with Gasteiger partial charge in [-0.1, -0.05) is 0 Å². The third-order valence-electron chi connectivity index (χ3n) is 1.83. The first-order valence-electron chi connectivity index (χ1n) is 4.28. The molecule has 1 aromatic heterocycles. The molecular formula is C8H12N4O3. The minimum atomic E-state index is -1.09. The first-order valence-corrected chi connectivity index (χ1v) is 4.28. The average Bonchev–Trinajstić information content (AvgIpc) is 2.65. The Labute approximate surface area is 85.9 Å². The number of carboxylic acid groups (broad SMARTS) is 1. The lowest BCUT2D eigenvalue weighted by Gasteiger charge is -2.02. The summed E-state index contributed by atoms with van der Waals surface area (Å²) in [6.07, 6.45) is 2.85. The van der Waals surface area contributed by atoms with Crippen molar-refractivity contribution in [1.82, 2.24) is 14.9 Å². The van der Waals surface area contributed by atoms with Gasteiger partial charge in [0.05, 0.1) is 5.69 Å². The predicted molar refractivity (Wildman–Crippen MR) is 51.4 cm³/mol. The number of aliphatic carboxylic acids is 1. The standard InChI is InChI=1S/C8H12N4O3/c1-10-8(15)12-3-5(11-4-12)2-6(9)7(13)14/h3-4,6H,2,9H2,1H3,(H,10,15)(H,13,14)/t6-/m0/s1. The van der Waals surface area contributed by atoms with E-state index in [0.717, 1.165) is 0 Å². The first kappa shape index (κ1) is 11.2. The van der Waals surface area contributed by atoms with Crippen molar-refractivity contribution in [3.8, 4) is 0 Å². The molecule has 0 aromatic carbocycles. The minimum Gasteiger partial charge on any atom is -0.480 e. The molecule has 7 heteroatoms. The lowest BCUT2D eigenvalue weighted by Crippen LogP contribution is -2.32. The van der Waals surface area contributed by atoms with Crippen molar-refractivity contribution in [3.63, 3.8) is 0 Å². The zero-order chi connectivity index (χ0) is 11.4. The first-order chi connectivity index (χ1) is 7.04. The number of imidazole rings is 1. The summed E-state index contributed by atoms with van der Waals surface area (Å²) in [6, 6.07) is -1.34. The Bertz CT molecular complexity index is 374. The largest absolute Gasteiger partial charge is 0.480 e. The van der Waals surface area contributed by atoms with Crippen molar-refractivity contribution in [2.75, 3.05) is 7.05 Å². The number of hydrogen-bond acceptors (Lipinski definition) is 4. The zero-order valence-corrected chi connectivity index (χ0v) is 8.17. The van der Waals surface area contributed by atoms with Crippen LogP contribution in [-0.4, -0.2) is 39.7 Å². The van der Waals surface area contributed by atoms with E-state index in [0.29, 0.717) is 5.69 Å². The topological polar surface area (TPSA) is 110 Å². The van der Waals surface area contributed by atoms with Gasteiger partial charge >= 0.3 is 12.0 Å². The molecule has 82 valence electrons. The van der Waals surface area contributed by atoms with Crippen LogP contribution in [0, 0.1) is 0 Å². The third-order valence-corrected chi connectivity index (χ3v) is 1.83. The second-order valence-electron chi connectivity index (χ2n) is 2.98. The Balaban J connectivity index is 2.68. The van der Waals surface area contributed by atoms with Gasteiger partial charge in [0.25, 0.3) is 0 Å². The highest BCUT2D eigenvalue weighted by Crippen LogP contribution is 1.99. The minimum absolute atomic E-state index is 0.0966. The van der Waals surface area contributed by atoms with Crippen LogP contribution in [0.3, 0.4) is 0 Å². The summed E-state index contributed by atoms with van der Waals surface area (Å²) in [7, 11) is 1.49. The summed E-state index contributed by atoms with van der Waals surface area (Å²) in [6.45, 7) is 0. The highest BCUT2D eigenvalue weighted by atomic mass is 16.4. The van der Waals surface area contributed by atoms with Gasteiger partial charge in [0.2, 0.25) is 0 Å². The Morgan fingerprint density at radius 2 is 2.40 bits per heavy atom. The molecule has 0 saturated heterocycles. The number of carbonyl (C=O) groups excluding carboxylic acids is 1.